The number of Topliss-reactive ketones (excluding diaryl/α,β-unsaturated/α-hetero) is 1. The molecule has 1 aromatic carbocycles. The number of benzene rings is 1. The Labute approximate surface area is 242 Å². The average molecular weight is 549 g/mol. The van der Waals surface area contributed by atoms with Gasteiger partial charge in [0.05, 0.1) is 0 Å². The highest BCUT2D eigenvalue weighted by atomic mass is 16.4. The molecule has 0 heterocycles. The lowest BCUT2D eigenvalue weighted by Crippen LogP contribution is -2.37. The molecular formula is C36H52O4. The van der Waals surface area contributed by atoms with Crippen molar-refractivity contribution in [2.24, 2.45) is 17.3 Å². The van der Waals surface area contributed by atoms with Gasteiger partial charge in [-0.15, -0.1) is 0 Å². The number of phenolic OH excluding ortho intramolecular Hbond substituents is 1. The Kier molecular flexibility index (Phi) is 11.5. The number of ketones is 1. The van der Waals surface area contributed by atoms with Crippen molar-refractivity contribution in [1.82, 2.24) is 0 Å². The normalized spacial score (nSPS) is 26.4. The van der Waals surface area contributed by atoms with Crippen LogP contribution in [0.4, 0.5) is 0 Å². The predicted octanol–water partition coefficient (Wildman–Crippen LogP) is 9.46. The summed E-state index contributed by atoms with van der Waals surface area (Å²) < 4.78 is 0. The SMILES string of the molecule is CC12CCC3C(=CCc4cc(O)ccc43)C1CCC2=O.O=C(O)CCCCCCCCCCCCC1C=CCC1. The highest BCUT2D eigenvalue weighted by Crippen LogP contribution is 2.57. The number of carbonyl (C=O) groups is 2. The van der Waals surface area contributed by atoms with E-state index >= 15 is 0 Å². The number of hydrogen-bond donors (Lipinski definition) is 2. The van der Waals surface area contributed by atoms with Crippen molar-refractivity contribution in [3.8, 4) is 5.75 Å². The number of aliphatic carboxylic acids is 1. The predicted molar refractivity (Wildman–Crippen MR) is 163 cm³/mol. The number of rotatable bonds is 13. The Morgan fingerprint density at radius 1 is 0.950 bits per heavy atom. The van der Waals surface area contributed by atoms with Gasteiger partial charge in [-0.05, 0) is 86.5 Å². The summed E-state index contributed by atoms with van der Waals surface area (Å²) in [5, 5.41) is 18.2. The molecule has 0 aromatic heterocycles. The van der Waals surface area contributed by atoms with Crippen LogP contribution in [0.5, 0.6) is 5.75 Å². The smallest absolute Gasteiger partial charge is 0.303 e. The Morgan fingerprint density at radius 2 is 1.65 bits per heavy atom. The van der Waals surface area contributed by atoms with E-state index in [4.69, 9.17) is 5.11 Å². The summed E-state index contributed by atoms with van der Waals surface area (Å²) in [6.07, 6.45) is 29.0. The number of aromatic hydroxyl groups is 1. The number of phenols is 1. The standard InChI is InChI=1S/C18H20O2.C18H32O2/c1-18-9-8-14-13-5-3-12(19)10-11(13)2-4-15(14)16(18)6-7-17(18)20;19-18(20)16-10-8-6-4-2-1-3-5-7-9-13-17-14-11-12-15-17/h3-5,10,14,16,19H,2,6-9H2,1H3;11,14,17H,1-10,12-13,15-16H2,(H,19,20). The molecule has 0 aliphatic heterocycles. The zero-order valence-corrected chi connectivity index (χ0v) is 24.8. The maximum Gasteiger partial charge on any atom is 0.303 e. The Hall–Kier alpha value is -2.36. The third-order valence-electron chi connectivity index (χ3n) is 10.2. The van der Waals surface area contributed by atoms with Crippen molar-refractivity contribution in [2.75, 3.05) is 0 Å². The van der Waals surface area contributed by atoms with E-state index in [0.717, 1.165) is 50.9 Å². The van der Waals surface area contributed by atoms with Crippen LogP contribution in [0.3, 0.4) is 0 Å². The molecule has 5 rings (SSSR count). The second-order valence-electron chi connectivity index (χ2n) is 13.0. The molecular weight excluding hydrogens is 496 g/mol. The van der Waals surface area contributed by atoms with Gasteiger partial charge in [0, 0.05) is 24.2 Å². The van der Waals surface area contributed by atoms with Crippen LogP contribution in [-0.4, -0.2) is 22.0 Å². The fourth-order valence-corrected chi connectivity index (χ4v) is 7.76. The van der Waals surface area contributed by atoms with E-state index in [9.17, 15) is 14.7 Å². The van der Waals surface area contributed by atoms with Crippen LogP contribution in [0, 0.1) is 17.3 Å². The van der Waals surface area contributed by atoms with E-state index in [0.29, 0.717) is 29.8 Å². The molecule has 4 aliphatic rings. The van der Waals surface area contributed by atoms with Gasteiger partial charge in [0.15, 0.2) is 0 Å². The van der Waals surface area contributed by atoms with Crippen molar-refractivity contribution in [2.45, 2.75) is 135 Å². The topological polar surface area (TPSA) is 74.6 Å². The molecule has 0 radical (unpaired) electrons. The van der Waals surface area contributed by atoms with Gasteiger partial charge in [0.1, 0.15) is 11.5 Å². The summed E-state index contributed by atoms with van der Waals surface area (Å²) in [6, 6.07) is 5.79. The largest absolute Gasteiger partial charge is 0.508 e. The first-order valence-corrected chi connectivity index (χ1v) is 16.3. The number of carboxylic acids is 1. The molecule has 40 heavy (non-hydrogen) atoms. The summed E-state index contributed by atoms with van der Waals surface area (Å²) in [7, 11) is 0. The van der Waals surface area contributed by atoms with E-state index in [1.54, 1.807) is 6.07 Å². The fraction of sp³-hybridized carbons (Fsp3) is 0.667. The fourth-order valence-electron chi connectivity index (χ4n) is 7.76. The van der Waals surface area contributed by atoms with Gasteiger partial charge in [-0.1, -0.05) is 94.6 Å². The van der Waals surface area contributed by atoms with Gasteiger partial charge < -0.3 is 10.2 Å². The second kappa shape index (κ2) is 15.0. The first kappa shape index (κ1) is 30.6. The number of allylic oxidation sites excluding steroid dienone is 4. The summed E-state index contributed by atoms with van der Waals surface area (Å²) in [4.78, 5) is 22.6. The van der Waals surface area contributed by atoms with Gasteiger partial charge in [0.25, 0.3) is 0 Å². The molecule has 0 amide bonds. The minimum absolute atomic E-state index is 0.100. The quantitative estimate of drug-likeness (QED) is 0.190. The molecule has 4 atom stereocenters. The minimum Gasteiger partial charge on any atom is -0.508 e. The Balaban J connectivity index is 0.000000185. The number of carboxylic acid groups (broad SMARTS) is 1. The molecule has 0 bridgehead atoms. The molecule has 1 aromatic rings. The number of fused-ring (bicyclic) bond motifs is 5. The lowest BCUT2D eigenvalue weighted by atomic mass is 9.60. The zero-order valence-electron chi connectivity index (χ0n) is 24.8. The van der Waals surface area contributed by atoms with Crippen molar-refractivity contribution in [1.29, 1.82) is 0 Å². The van der Waals surface area contributed by atoms with E-state index in [1.165, 1.54) is 87.3 Å². The van der Waals surface area contributed by atoms with Crippen molar-refractivity contribution < 1.29 is 19.8 Å². The summed E-state index contributed by atoms with van der Waals surface area (Å²) in [5.74, 6) is 1.99. The average Bonchev–Trinajstić information content (AvgIpc) is 3.57. The van der Waals surface area contributed by atoms with Crippen molar-refractivity contribution in [3.63, 3.8) is 0 Å². The first-order chi connectivity index (χ1) is 19.4. The third-order valence-corrected chi connectivity index (χ3v) is 10.2. The molecule has 2 N–H and O–H groups in total. The van der Waals surface area contributed by atoms with Crippen LogP contribution >= 0.6 is 0 Å². The first-order valence-electron chi connectivity index (χ1n) is 16.3. The lowest BCUT2D eigenvalue weighted by molar-refractivity contribution is -0.137. The van der Waals surface area contributed by atoms with Gasteiger partial charge in [-0.2, -0.15) is 0 Å². The monoisotopic (exact) mass is 548 g/mol. The molecule has 4 nitrogen and oxygen atoms in total. The molecule has 0 saturated heterocycles. The minimum atomic E-state index is -0.655. The maximum absolute atomic E-state index is 12.2. The van der Waals surface area contributed by atoms with Gasteiger partial charge in [0.2, 0.25) is 0 Å². The summed E-state index contributed by atoms with van der Waals surface area (Å²) in [5.41, 5.74) is 4.03. The second-order valence-corrected chi connectivity index (χ2v) is 13.0. The summed E-state index contributed by atoms with van der Waals surface area (Å²) >= 11 is 0. The van der Waals surface area contributed by atoms with Crippen LogP contribution < -0.4 is 0 Å². The lowest BCUT2D eigenvalue weighted by Gasteiger charge is -2.43. The van der Waals surface area contributed by atoms with Gasteiger partial charge in [-0.25, -0.2) is 0 Å². The van der Waals surface area contributed by atoms with E-state index < -0.39 is 5.97 Å². The number of hydrogen-bond acceptors (Lipinski definition) is 3. The molecule has 4 aliphatic carbocycles. The van der Waals surface area contributed by atoms with Crippen LogP contribution in [0.1, 0.15) is 140 Å². The Morgan fingerprint density at radius 3 is 2.33 bits per heavy atom. The van der Waals surface area contributed by atoms with Crippen LogP contribution in [-0.2, 0) is 16.0 Å². The number of unbranched alkanes of at least 4 members (excludes halogenated alkanes) is 9. The number of carbonyl (C=O) groups excluding carboxylic acids is 1. The highest BCUT2D eigenvalue weighted by molar-refractivity contribution is 5.88. The third kappa shape index (κ3) is 8.10. The van der Waals surface area contributed by atoms with E-state index in [2.05, 4.69) is 31.2 Å². The summed E-state index contributed by atoms with van der Waals surface area (Å²) in [6.45, 7) is 2.18. The van der Waals surface area contributed by atoms with E-state index in [-0.39, 0.29) is 5.41 Å². The van der Waals surface area contributed by atoms with Crippen molar-refractivity contribution >= 4 is 11.8 Å². The molecule has 4 unspecified atom stereocenters. The highest BCUT2D eigenvalue weighted by Gasteiger charge is 2.52. The maximum atomic E-state index is 12.2. The van der Waals surface area contributed by atoms with Crippen LogP contribution in [0.2, 0.25) is 0 Å². The zero-order chi connectivity index (χ0) is 28.4. The molecule has 2 fully saturated rings. The van der Waals surface area contributed by atoms with Crippen molar-refractivity contribution in [3.05, 3.63) is 53.1 Å². The molecule has 220 valence electrons. The Bertz CT molecular complexity index is 1050. The van der Waals surface area contributed by atoms with Gasteiger partial charge >= 0.3 is 5.97 Å². The molecule has 4 heteroatoms. The molecule has 0 spiro atoms. The van der Waals surface area contributed by atoms with E-state index in [1.807, 2.05) is 6.07 Å². The van der Waals surface area contributed by atoms with Gasteiger partial charge in [-0.3, -0.25) is 9.59 Å². The molecule has 2 saturated carbocycles. The van der Waals surface area contributed by atoms with Crippen LogP contribution in [0.25, 0.3) is 0 Å². The van der Waals surface area contributed by atoms with Crippen LogP contribution in [0.15, 0.2) is 42.0 Å².